The fourth-order valence-corrected chi connectivity index (χ4v) is 3.31. The zero-order chi connectivity index (χ0) is 19.4. The van der Waals surface area contributed by atoms with Crippen LogP contribution in [-0.2, 0) is 0 Å². The van der Waals surface area contributed by atoms with Gasteiger partial charge in [0.25, 0.3) is 0 Å². The van der Waals surface area contributed by atoms with Gasteiger partial charge in [0.15, 0.2) is 5.78 Å². The van der Waals surface area contributed by atoms with E-state index in [-0.39, 0.29) is 17.1 Å². The van der Waals surface area contributed by atoms with Gasteiger partial charge in [0.2, 0.25) is 5.16 Å². The van der Waals surface area contributed by atoms with Crippen LogP contribution in [0.1, 0.15) is 35.7 Å². The molecule has 0 amide bonds. The lowest BCUT2D eigenvalue weighted by molar-refractivity contribution is 0.101. The van der Waals surface area contributed by atoms with E-state index in [2.05, 4.69) is 29.4 Å². The number of carbonyl (C=O) groups is 1. The van der Waals surface area contributed by atoms with Gasteiger partial charge in [0, 0.05) is 0 Å². The third-order valence-electron chi connectivity index (χ3n) is 4.04. The van der Waals surface area contributed by atoms with Crippen LogP contribution in [0.5, 0.6) is 5.75 Å². The average Bonchev–Trinajstić information content (AvgIpc) is 3.14. The highest BCUT2D eigenvalue weighted by atomic mass is 32.2. The van der Waals surface area contributed by atoms with Crippen LogP contribution in [0.3, 0.4) is 0 Å². The fraction of sp³-hybridized carbons (Fsp3) is 0.263. The lowest BCUT2D eigenvalue weighted by Gasteiger charge is -2.09. The molecule has 0 saturated heterocycles. The summed E-state index contributed by atoms with van der Waals surface area (Å²) < 4.78 is 20.2. The Balaban J connectivity index is 1.76. The van der Waals surface area contributed by atoms with Crippen LogP contribution in [0.4, 0.5) is 4.39 Å². The van der Waals surface area contributed by atoms with Crippen LogP contribution < -0.4 is 4.74 Å². The summed E-state index contributed by atoms with van der Waals surface area (Å²) in [7, 11) is 1.44. The van der Waals surface area contributed by atoms with E-state index in [1.807, 2.05) is 24.3 Å². The van der Waals surface area contributed by atoms with Gasteiger partial charge in [0.1, 0.15) is 11.6 Å². The molecule has 6 nitrogen and oxygen atoms in total. The second kappa shape index (κ2) is 8.30. The second-order valence-electron chi connectivity index (χ2n) is 6.18. The Morgan fingerprint density at radius 2 is 1.96 bits per heavy atom. The highest BCUT2D eigenvalue weighted by Crippen LogP contribution is 2.25. The molecule has 0 bridgehead atoms. The van der Waals surface area contributed by atoms with Crippen LogP contribution in [0.2, 0.25) is 0 Å². The van der Waals surface area contributed by atoms with Crippen LogP contribution in [-0.4, -0.2) is 38.9 Å². The minimum atomic E-state index is -0.487. The standard InChI is InChI=1S/C19H19FN4O2S/c1-12(2)13-4-7-15(8-5-13)24-19(21-22-23-24)27-11-17(25)16-10-14(20)6-9-18(16)26-3/h4-10,12H,11H2,1-3H3. The number of tetrazole rings is 1. The number of rotatable bonds is 7. The molecule has 1 heterocycles. The van der Waals surface area contributed by atoms with E-state index in [0.717, 1.165) is 5.69 Å². The smallest absolute Gasteiger partial charge is 0.214 e. The summed E-state index contributed by atoms with van der Waals surface area (Å²) in [6, 6.07) is 11.8. The quantitative estimate of drug-likeness (QED) is 0.453. The predicted octanol–water partition coefficient (Wildman–Crippen LogP) is 3.91. The van der Waals surface area contributed by atoms with Crippen molar-refractivity contribution < 1.29 is 13.9 Å². The molecule has 0 unspecified atom stereocenters. The first-order valence-electron chi connectivity index (χ1n) is 8.38. The van der Waals surface area contributed by atoms with E-state index in [1.165, 1.54) is 42.6 Å². The molecule has 0 saturated carbocycles. The molecule has 0 fully saturated rings. The maximum Gasteiger partial charge on any atom is 0.214 e. The van der Waals surface area contributed by atoms with Crippen molar-refractivity contribution >= 4 is 17.5 Å². The van der Waals surface area contributed by atoms with E-state index < -0.39 is 5.82 Å². The number of aromatic nitrogens is 4. The number of nitrogens with zero attached hydrogens (tertiary/aromatic N) is 4. The fourth-order valence-electron chi connectivity index (χ4n) is 2.54. The molecule has 0 aliphatic carbocycles. The molecule has 8 heteroatoms. The predicted molar refractivity (Wildman–Crippen MR) is 101 cm³/mol. The number of methoxy groups -OCH3 is 1. The van der Waals surface area contributed by atoms with Crippen LogP contribution >= 0.6 is 11.8 Å². The molecule has 0 aliphatic rings. The maximum absolute atomic E-state index is 13.5. The van der Waals surface area contributed by atoms with Crippen molar-refractivity contribution in [2.45, 2.75) is 24.9 Å². The molecular formula is C19H19FN4O2S. The Morgan fingerprint density at radius 1 is 1.22 bits per heavy atom. The highest BCUT2D eigenvalue weighted by Gasteiger charge is 2.17. The van der Waals surface area contributed by atoms with Crippen LogP contribution in [0, 0.1) is 5.82 Å². The Bertz CT molecular complexity index is 941. The Labute approximate surface area is 160 Å². The van der Waals surface area contributed by atoms with Crippen molar-refractivity contribution in [1.82, 2.24) is 20.2 Å². The van der Waals surface area contributed by atoms with E-state index in [1.54, 1.807) is 4.68 Å². The molecule has 0 spiro atoms. The van der Waals surface area contributed by atoms with E-state index in [9.17, 15) is 9.18 Å². The molecule has 1 aromatic heterocycles. The lowest BCUT2D eigenvalue weighted by Crippen LogP contribution is -2.07. The molecule has 3 rings (SSSR count). The number of hydrogen-bond donors (Lipinski definition) is 0. The van der Waals surface area contributed by atoms with Crippen molar-refractivity contribution in [3.05, 3.63) is 59.4 Å². The highest BCUT2D eigenvalue weighted by molar-refractivity contribution is 7.99. The van der Waals surface area contributed by atoms with Gasteiger partial charge in [-0.15, -0.1) is 5.10 Å². The second-order valence-corrected chi connectivity index (χ2v) is 7.12. The molecule has 3 aromatic rings. The third kappa shape index (κ3) is 4.33. The molecule has 27 heavy (non-hydrogen) atoms. The summed E-state index contributed by atoms with van der Waals surface area (Å²) in [6.45, 7) is 4.25. The molecule has 0 atom stereocenters. The van der Waals surface area contributed by atoms with Gasteiger partial charge in [-0.25, -0.2) is 4.39 Å². The number of hydrogen-bond acceptors (Lipinski definition) is 6. The third-order valence-corrected chi connectivity index (χ3v) is 4.96. The van der Waals surface area contributed by atoms with Crippen molar-refractivity contribution in [2.75, 3.05) is 12.9 Å². The largest absolute Gasteiger partial charge is 0.496 e. The maximum atomic E-state index is 13.5. The van der Waals surface area contributed by atoms with Crippen molar-refractivity contribution in [2.24, 2.45) is 0 Å². The number of thioether (sulfide) groups is 1. The van der Waals surface area contributed by atoms with Crippen molar-refractivity contribution in [3.63, 3.8) is 0 Å². The summed E-state index contributed by atoms with van der Waals surface area (Å²) in [4.78, 5) is 12.5. The Morgan fingerprint density at radius 3 is 2.63 bits per heavy atom. The molecule has 140 valence electrons. The van der Waals surface area contributed by atoms with Crippen molar-refractivity contribution in [1.29, 1.82) is 0 Å². The number of Topliss-reactive ketones (excluding diaryl/α,β-unsaturated/α-hetero) is 1. The molecular weight excluding hydrogens is 367 g/mol. The number of halogens is 1. The molecule has 0 N–H and O–H groups in total. The van der Waals surface area contributed by atoms with Gasteiger partial charge in [-0.3, -0.25) is 4.79 Å². The van der Waals surface area contributed by atoms with Gasteiger partial charge in [-0.05, 0) is 52.2 Å². The van der Waals surface area contributed by atoms with Gasteiger partial charge >= 0.3 is 0 Å². The molecule has 2 aromatic carbocycles. The van der Waals surface area contributed by atoms with E-state index in [0.29, 0.717) is 16.8 Å². The first-order chi connectivity index (χ1) is 13.0. The number of carbonyl (C=O) groups excluding carboxylic acids is 1. The lowest BCUT2D eigenvalue weighted by atomic mass is 10.0. The molecule has 0 aliphatic heterocycles. The average molecular weight is 386 g/mol. The van der Waals surface area contributed by atoms with Crippen molar-refractivity contribution in [3.8, 4) is 11.4 Å². The summed E-state index contributed by atoms with van der Waals surface area (Å²) >= 11 is 1.19. The van der Waals surface area contributed by atoms with Crippen LogP contribution in [0.25, 0.3) is 5.69 Å². The van der Waals surface area contributed by atoms with Gasteiger partial charge in [0.05, 0.1) is 24.1 Å². The summed E-state index contributed by atoms with van der Waals surface area (Å²) in [6.07, 6.45) is 0. The number of ether oxygens (including phenoxy) is 1. The SMILES string of the molecule is COc1ccc(F)cc1C(=O)CSc1nnnn1-c1ccc(C(C)C)cc1. The topological polar surface area (TPSA) is 69.9 Å². The van der Waals surface area contributed by atoms with E-state index >= 15 is 0 Å². The van der Waals surface area contributed by atoms with Gasteiger partial charge in [-0.2, -0.15) is 4.68 Å². The van der Waals surface area contributed by atoms with E-state index in [4.69, 9.17) is 4.74 Å². The summed E-state index contributed by atoms with van der Waals surface area (Å²) in [5, 5.41) is 12.2. The zero-order valence-electron chi connectivity index (χ0n) is 15.2. The number of ketones is 1. The summed E-state index contributed by atoms with van der Waals surface area (Å²) in [5.74, 6) is 0.0800. The van der Waals surface area contributed by atoms with Gasteiger partial charge in [-0.1, -0.05) is 37.7 Å². The summed E-state index contributed by atoms with van der Waals surface area (Å²) in [5.41, 5.74) is 2.22. The first kappa shape index (κ1) is 19.0. The normalized spacial score (nSPS) is 11.0. The zero-order valence-corrected chi connectivity index (χ0v) is 16.0. The van der Waals surface area contributed by atoms with Crippen LogP contribution in [0.15, 0.2) is 47.6 Å². The molecule has 0 radical (unpaired) electrons. The Hall–Kier alpha value is -2.74. The first-order valence-corrected chi connectivity index (χ1v) is 9.36. The Kier molecular flexibility index (Phi) is 5.85. The number of benzene rings is 2. The minimum absolute atomic E-state index is 0.0598. The van der Waals surface area contributed by atoms with Gasteiger partial charge < -0.3 is 4.74 Å². The minimum Gasteiger partial charge on any atom is -0.496 e. The monoisotopic (exact) mass is 386 g/mol.